The first-order valence-corrected chi connectivity index (χ1v) is 15.3. The molecule has 0 spiro atoms. The van der Waals surface area contributed by atoms with Crippen molar-refractivity contribution in [2.24, 2.45) is 0 Å². The summed E-state index contributed by atoms with van der Waals surface area (Å²) in [6.07, 6.45) is 6.18. The van der Waals surface area contributed by atoms with Gasteiger partial charge in [-0.3, -0.25) is 4.57 Å². The molecule has 44 heavy (non-hydrogen) atoms. The van der Waals surface area contributed by atoms with Gasteiger partial charge in [-0.2, -0.15) is 0 Å². The topological polar surface area (TPSA) is 33.5 Å². The Morgan fingerprint density at radius 2 is 1.39 bits per heavy atom. The normalized spacial score (nSPS) is 13.5. The van der Waals surface area contributed by atoms with Gasteiger partial charge in [-0.25, -0.2) is 4.98 Å². The molecule has 0 bridgehead atoms. The van der Waals surface area contributed by atoms with Crippen LogP contribution in [0.4, 0.5) is 11.4 Å². The molecule has 7 rings (SSSR count). The van der Waals surface area contributed by atoms with Crippen LogP contribution in [0, 0.1) is 0 Å². The number of fused-ring (bicyclic) bond motifs is 3. The molecule has 0 saturated carbocycles. The molecule has 6 aromatic rings. The molecular formula is C39H38N4O. The van der Waals surface area contributed by atoms with Gasteiger partial charge in [0.25, 0.3) is 0 Å². The van der Waals surface area contributed by atoms with E-state index in [1.54, 1.807) is 0 Å². The average molecular weight is 579 g/mol. The number of para-hydroxylation sites is 1. The van der Waals surface area contributed by atoms with E-state index < -0.39 is 0 Å². The van der Waals surface area contributed by atoms with Crippen LogP contribution >= 0.6 is 0 Å². The molecule has 3 heterocycles. The Morgan fingerprint density at radius 3 is 2.16 bits per heavy atom. The Balaban J connectivity index is 1.18. The van der Waals surface area contributed by atoms with Crippen molar-refractivity contribution < 1.29 is 4.74 Å². The van der Waals surface area contributed by atoms with Crippen LogP contribution in [0.2, 0.25) is 0 Å². The fourth-order valence-corrected chi connectivity index (χ4v) is 5.94. The molecule has 0 N–H and O–H groups in total. The summed E-state index contributed by atoms with van der Waals surface area (Å²) in [5.74, 6) is 2.92. The van der Waals surface area contributed by atoms with Crippen molar-refractivity contribution in [1.29, 1.82) is 0 Å². The molecule has 1 aliphatic heterocycles. The molecule has 0 aliphatic carbocycles. The number of hydrogen-bond acceptors (Lipinski definition) is 4. The minimum absolute atomic E-state index is 0.108. The molecule has 220 valence electrons. The average Bonchev–Trinajstić information content (AvgIpc) is 3.64. The van der Waals surface area contributed by atoms with Gasteiger partial charge in [0.1, 0.15) is 17.3 Å². The quantitative estimate of drug-likeness (QED) is 0.197. The lowest BCUT2D eigenvalue weighted by molar-refractivity contribution is 0.483. The van der Waals surface area contributed by atoms with Gasteiger partial charge in [0, 0.05) is 52.9 Å². The third-order valence-electron chi connectivity index (χ3n) is 8.47. The second-order valence-corrected chi connectivity index (χ2v) is 12.9. The Morgan fingerprint density at radius 1 is 0.682 bits per heavy atom. The Bertz CT molecular complexity index is 2010. The van der Waals surface area contributed by atoms with E-state index in [4.69, 9.17) is 9.72 Å². The van der Waals surface area contributed by atoms with Crippen molar-refractivity contribution >= 4 is 33.2 Å². The molecule has 2 aromatic heterocycles. The lowest BCUT2D eigenvalue weighted by Crippen LogP contribution is -2.25. The molecule has 0 fully saturated rings. The number of benzene rings is 4. The van der Waals surface area contributed by atoms with E-state index in [0.29, 0.717) is 5.92 Å². The fraction of sp³-hybridized carbons (Fsp3) is 0.205. The van der Waals surface area contributed by atoms with Crippen LogP contribution in [-0.2, 0) is 5.41 Å². The van der Waals surface area contributed by atoms with Gasteiger partial charge in [-0.05, 0) is 77.1 Å². The highest BCUT2D eigenvalue weighted by Crippen LogP contribution is 2.36. The van der Waals surface area contributed by atoms with Crippen molar-refractivity contribution in [3.63, 3.8) is 0 Å². The zero-order valence-corrected chi connectivity index (χ0v) is 26.0. The van der Waals surface area contributed by atoms with E-state index >= 15 is 0 Å². The van der Waals surface area contributed by atoms with Crippen LogP contribution < -0.4 is 14.5 Å². The van der Waals surface area contributed by atoms with Crippen molar-refractivity contribution in [2.75, 3.05) is 16.5 Å². The zero-order chi connectivity index (χ0) is 30.4. The molecule has 5 heteroatoms. The summed E-state index contributed by atoms with van der Waals surface area (Å²) in [6.45, 7) is 11.9. The third-order valence-corrected chi connectivity index (χ3v) is 8.47. The first kappa shape index (κ1) is 27.8. The van der Waals surface area contributed by atoms with Crippen LogP contribution in [0.3, 0.4) is 0 Å². The first-order valence-electron chi connectivity index (χ1n) is 15.3. The minimum atomic E-state index is 0.108. The summed E-state index contributed by atoms with van der Waals surface area (Å²) in [7, 11) is 0. The highest BCUT2D eigenvalue weighted by Gasteiger charge is 2.20. The van der Waals surface area contributed by atoms with Crippen LogP contribution in [0.1, 0.15) is 51.7 Å². The monoisotopic (exact) mass is 578 g/mol. The number of nitrogens with zero attached hydrogens (tertiary/aromatic N) is 4. The summed E-state index contributed by atoms with van der Waals surface area (Å²) in [5.41, 5.74) is 7.19. The summed E-state index contributed by atoms with van der Waals surface area (Å²) < 4.78 is 8.75. The SMILES string of the molecule is CC(C)c1ccnc(-n2c3ccccc3c3ccc(Oc4cccc(N5C=CN(c6cccc(C(C)(C)C)c6)C5)c4)cc32)c1. The van der Waals surface area contributed by atoms with Crippen LogP contribution in [0.5, 0.6) is 11.5 Å². The molecule has 0 saturated heterocycles. The van der Waals surface area contributed by atoms with Gasteiger partial charge in [0.2, 0.25) is 0 Å². The largest absolute Gasteiger partial charge is 0.457 e. The number of pyridine rings is 1. The fourth-order valence-electron chi connectivity index (χ4n) is 5.94. The van der Waals surface area contributed by atoms with Gasteiger partial charge in [0.05, 0.1) is 17.7 Å². The highest BCUT2D eigenvalue weighted by atomic mass is 16.5. The Kier molecular flexibility index (Phi) is 6.89. The van der Waals surface area contributed by atoms with Gasteiger partial charge < -0.3 is 14.5 Å². The molecule has 0 unspecified atom stereocenters. The van der Waals surface area contributed by atoms with Gasteiger partial charge in [-0.15, -0.1) is 0 Å². The lowest BCUT2D eigenvalue weighted by Gasteiger charge is -2.24. The van der Waals surface area contributed by atoms with E-state index in [-0.39, 0.29) is 5.41 Å². The smallest absolute Gasteiger partial charge is 0.137 e. The number of anilines is 2. The molecule has 0 atom stereocenters. The third kappa shape index (κ3) is 5.19. The summed E-state index contributed by atoms with van der Waals surface area (Å²) in [4.78, 5) is 9.30. The molecule has 5 nitrogen and oxygen atoms in total. The van der Waals surface area contributed by atoms with Crippen molar-refractivity contribution in [2.45, 2.75) is 46.0 Å². The minimum Gasteiger partial charge on any atom is -0.457 e. The number of rotatable bonds is 6. The van der Waals surface area contributed by atoms with E-state index in [9.17, 15) is 0 Å². The molecule has 0 amide bonds. The second-order valence-electron chi connectivity index (χ2n) is 12.9. The Labute approximate surface area is 259 Å². The number of hydrogen-bond donors (Lipinski definition) is 0. The van der Waals surface area contributed by atoms with Crippen molar-refractivity contribution in [1.82, 2.24) is 9.55 Å². The number of ether oxygens (including phenoxy) is 1. The van der Waals surface area contributed by atoms with Crippen molar-refractivity contribution in [3.8, 4) is 17.3 Å². The van der Waals surface area contributed by atoms with Gasteiger partial charge in [-0.1, -0.05) is 71.0 Å². The molecular weight excluding hydrogens is 540 g/mol. The summed E-state index contributed by atoms with van der Waals surface area (Å²) in [6, 6.07) is 36.3. The van der Waals surface area contributed by atoms with E-state index in [2.05, 4.69) is 158 Å². The van der Waals surface area contributed by atoms with Crippen LogP contribution in [-0.4, -0.2) is 16.2 Å². The summed E-state index contributed by atoms with van der Waals surface area (Å²) in [5, 5.41) is 2.38. The second kappa shape index (κ2) is 10.9. The first-order chi connectivity index (χ1) is 21.2. The highest BCUT2D eigenvalue weighted by molar-refractivity contribution is 6.09. The van der Waals surface area contributed by atoms with Crippen LogP contribution in [0.15, 0.2) is 122 Å². The number of aromatic nitrogens is 2. The molecule has 0 radical (unpaired) electrons. The molecule has 1 aliphatic rings. The van der Waals surface area contributed by atoms with E-state index in [1.807, 2.05) is 12.3 Å². The van der Waals surface area contributed by atoms with Crippen molar-refractivity contribution in [3.05, 3.63) is 133 Å². The van der Waals surface area contributed by atoms with Gasteiger partial charge in [0.15, 0.2) is 0 Å². The summed E-state index contributed by atoms with van der Waals surface area (Å²) >= 11 is 0. The lowest BCUT2D eigenvalue weighted by atomic mass is 9.87. The van der Waals surface area contributed by atoms with E-state index in [0.717, 1.165) is 40.7 Å². The predicted molar refractivity (Wildman–Crippen MR) is 183 cm³/mol. The maximum atomic E-state index is 6.50. The molecule has 4 aromatic carbocycles. The standard InChI is InChI=1S/C39H38N4O/c1-27(2)28-18-19-40-38(22-28)43-36-15-7-6-14-34(36)35-17-16-33(25-37(35)43)44-32-13-9-12-31(24-32)42-21-20-41(26-42)30-11-8-10-29(23-30)39(3,4)5/h6-25,27H,26H2,1-5H3. The maximum Gasteiger partial charge on any atom is 0.137 e. The predicted octanol–water partition coefficient (Wildman–Crippen LogP) is 10.1. The van der Waals surface area contributed by atoms with Crippen LogP contribution in [0.25, 0.3) is 27.6 Å². The Hall–Kier alpha value is -5.03. The van der Waals surface area contributed by atoms with E-state index in [1.165, 1.54) is 27.6 Å². The van der Waals surface area contributed by atoms with Gasteiger partial charge >= 0.3 is 0 Å². The maximum absolute atomic E-state index is 6.50. The zero-order valence-electron chi connectivity index (χ0n) is 26.0.